The first-order valence-corrected chi connectivity index (χ1v) is 11.3. The Bertz CT molecular complexity index is 1510. The summed E-state index contributed by atoms with van der Waals surface area (Å²) < 4.78 is 42.7. The molecule has 176 valence electrons. The third kappa shape index (κ3) is 4.62. The summed E-state index contributed by atoms with van der Waals surface area (Å²) >= 11 is 1.04. The molecule has 1 unspecified atom stereocenters. The van der Waals surface area contributed by atoms with E-state index in [1.165, 1.54) is 18.2 Å². The van der Waals surface area contributed by atoms with Crippen LogP contribution in [-0.2, 0) is 0 Å². The summed E-state index contributed by atoms with van der Waals surface area (Å²) in [7, 11) is 0. The summed E-state index contributed by atoms with van der Waals surface area (Å²) in [6.45, 7) is 1.59. The minimum absolute atomic E-state index is 0.133. The van der Waals surface area contributed by atoms with Gasteiger partial charge in [-0.25, -0.2) is 9.50 Å². The molecule has 0 spiro atoms. The summed E-state index contributed by atoms with van der Waals surface area (Å²) in [4.78, 5) is 25.4. The lowest BCUT2D eigenvalue weighted by molar-refractivity contribution is -0.156. The number of halogens is 3. The van der Waals surface area contributed by atoms with Gasteiger partial charge in [0.25, 0.3) is 5.91 Å². The van der Waals surface area contributed by atoms with E-state index in [2.05, 4.69) is 25.4 Å². The van der Waals surface area contributed by atoms with E-state index in [1.807, 2.05) is 18.3 Å². The van der Waals surface area contributed by atoms with Crippen LogP contribution in [0.25, 0.3) is 27.9 Å². The lowest BCUT2D eigenvalue weighted by Crippen LogP contribution is -2.38. The first-order chi connectivity index (χ1) is 16.8. The van der Waals surface area contributed by atoms with Crippen LogP contribution in [0.1, 0.15) is 27.1 Å². The SMILES string of the molecule is Cc1cccc(C(NC(=O)c2cc(-c3cnn4cc(-c5cccnc5)cnc34)cs2)C(F)(F)F)n1. The fraction of sp³-hybridized carbons (Fsp3) is 0.125. The van der Waals surface area contributed by atoms with Crippen LogP contribution in [0.4, 0.5) is 13.2 Å². The van der Waals surface area contributed by atoms with Gasteiger partial charge in [0, 0.05) is 47.2 Å². The number of thiophene rings is 1. The molecule has 5 aromatic heterocycles. The van der Waals surface area contributed by atoms with Crippen molar-refractivity contribution in [2.24, 2.45) is 0 Å². The molecule has 0 aliphatic heterocycles. The molecule has 1 atom stereocenters. The Balaban J connectivity index is 1.41. The Hall–Kier alpha value is -4.12. The molecular formula is C24H17F3N6OS. The Morgan fingerprint density at radius 2 is 1.94 bits per heavy atom. The van der Waals surface area contributed by atoms with Crippen molar-refractivity contribution in [3.05, 3.63) is 89.0 Å². The lowest BCUT2D eigenvalue weighted by Gasteiger charge is -2.21. The summed E-state index contributed by atoms with van der Waals surface area (Å²) in [5.41, 5.74) is 3.72. The van der Waals surface area contributed by atoms with Crippen LogP contribution in [-0.4, -0.2) is 36.6 Å². The molecule has 0 bridgehead atoms. The molecule has 5 aromatic rings. The molecule has 0 aliphatic rings. The Kier molecular flexibility index (Phi) is 5.77. The molecule has 5 heterocycles. The average molecular weight is 495 g/mol. The number of aromatic nitrogens is 5. The zero-order valence-electron chi connectivity index (χ0n) is 18.2. The molecule has 0 aromatic carbocycles. The molecule has 0 radical (unpaired) electrons. The smallest absolute Gasteiger partial charge is 0.335 e. The molecule has 35 heavy (non-hydrogen) atoms. The summed E-state index contributed by atoms with van der Waals surface area (Å²) in [6.07, 6.45) is 3.81. The van der Waals surface area contributed by atoms with Gasteiger partial charge in [0.2, 0.25) is 0 Å². The maximum atomic E-state index is 13.7. The van der Waals surface area contributed by atoms with Crippen molar-refractivity contribution < 1.29 is 18.0 Å². The second kappa shape index (κ2) is 8.91. The molecule has 0 fully saturated rings. The maximum absolute atomic E-state index is 13.7. The number of nitrogens with zero attached hydrogens (tertiary/aromatic N) is 5. The Morgan fingerprint density at radius 3 is 2.69 bits per heavy atom. The highest BCUT2D eigenvalue weighted by Crippen LogP contribution is 2.33. The fourth-order valence-electron chi connectivity index (χ4n) is 3.61. The van der Waals surface area contributed by atoms with Crippen molar-refractivity contribution in [3.63, 3.8) is 0 Å². The van der Waals surface area contributed by atoms with Crippen LogP contribution in [0.2, 0.25) is 0 Å². The molecule has 0 saturated carbocycles. The standard InChI is InChI=1S/C24H17F3N6OS/c1-14-4-2-6-19(31-14)21(24(25,26)27)32-23(34)20-8-16(13-35-20)18-11-30-33-12-17(10-29-22(18)33)15-5-3-7-28-9-15/h2-13,21H,1H3,(H,32,34). The van der Waals surface area contributed by atoms with Crippen molar-refractivity contribution in [2.75, 3.05) is 0 Å². The van der Waals surface area contributed by atoms with E-state index in [1.54, 1.807) is 47.7 Å². The van der Waals surface area contributed by atoms with Crippen molar-refractivity contribution in [3.8, 4) is 22.3 Å². The van der Waals surface area contributed by atoms with Crippen molar-refractivity contribution in [2.45, 2.75) is 19.1 Å². The van der Waals surface area contributed by atoms with Crippen molar-refractivity contribution in [1.29, 1.82) is 0 Å². The number of rotatable bonds is 5. The number of hydrogen-bond acceptors (Lipinski definition) is 6. The second-order valence-corrected chi connectivity index (χ2v) is 8.67. The van der Waals surface area contributed by atoms with E-state index >= 15 is 0 Å². The first-order valence-electron chi connectivity index (χ1n) is 10.4. The van der Waals surface area contributed by atoms with Gasteiger partial charge in [0.05, 0.1) is 16.8 Å². The van der Waals surface area contributed by atoms with Crippen LogP contribution >= 0.6 is 11.3 Å². The second-order valence-electron chi connectivity index (χ2n) is 7.76. The molecular weight excluding hydrogens is 477 g/mol. The summed E-state index contributed by atoms with van der Waals surface area (Å²) in [5.74, 6) is -0.838. The topological polar surface area (TPSA) is 85.1 Å². The minimum atomic E-state index is -4.70. The number of nitrogens with one attached hydrogen (secondary N) is 1. The van der Waals surface area contributed by atoms with Crippen LogP contribution < -0.4 is 5.32 Å². The highest BCUT2D eigenvalue weighted by molar-refractivity contribution is 7.12. The van der Waals surface area contributed by atoms with Gasteiger partial charge < -0.3 is 5.32 Å². The minimum Gasteiger partial charge on any atom is -0.335 e. The van der Waals surface area contributed by atoms with Gasteiger partial charge in [-0.05, 0) is 42.1 Å². The third-order valence-corrected chi connectivity index (χ3v) is 6.22. The van der Waals surface area contributed by atoms with Gasteiger partial charge in [0.15, 0.2) is 11.7 Å². The lowest BCUT2D eigenvalue weighted by atomic mass is 10.1. The molecule has 1 amide bonds. The zero-order valence-corrected chi connectivity index (χ0v) is 19.0. The number of fused-ring (bicyclic) bond motifs is 1. The van der Waals surface area contributed by atoms with Crippen LogP contribution in [0.15, 0.2) is 72.8 Å². The van der Waals surface area contributed by atoms with Crippen LogP contribution in [0, 0.1) is 6.92 Å². The highest BCUT2D eigenvalue weighted by atomic mass is 32.1. The maximum Gasteiger partial charge on any atom is 0.414 e. The number of carbonyl (C=O) groups excluding carboxylic acids is 1. The van der Waals surface area contributed by atoms with E-state index in [9.17, 15) is 18.0 Å². The number of aryl methyl sites for hydroxylation is 1. The largest absolute Gasteiger partial charge is 0.414 e. The number of alkyl halides is 3. The van der Waals surface area contributed by atoms with Gasteiger partial charge in [-0.2, -0.15) is 18.3 Å². The van der Waals surface area contributed by atoms with E-state index < -0.39 is 18.1 Å². The monoisotopic (exact) mass is 494 g/mol. The summed E-state index contributed by atoms with van der Waals surface area (Å²) in [6, 6.07) is 7.36. The molecule has 1 N–H and O–H groups in total. The van der Waals surface area contributed by atoms with E-state index in [0.717, 1.165) is 22.5 Å². The zero-order chi connectivity index (χ0) is 24.6. The first kappa shape index (κ1) is 22.7. The van der Waals surface area contributed by atoms with Crippen molar-refractivity contribution >= 4 is 22.9 Å². The van der Waals surface area contributed by atoms with Crippen LogP contribution in [0.5, 0.6) is 0 Å². The number of pyridine rings is 2. The molecule has 5 rings (SSSR count). The predicted octanol–water partition coefficient (Wildman–Crippen LogP) is 5.26. The van der Waals surface area contributed by atoms with Gasteiger partial charge in [0.1, 0.15) is 0 Å². The number of amides is 1. The molecule has 11 heteroatoms. The van der Waals surface area contributed by atoms with Gasteiger partial charge >= 0.3 is 6.18 Å². The Labute approximate surface area is 201 Å². The quantitative estimate of drug-likeness (QED) is 0.361. The van der Waals surface area contributed by atoms with Gasteiger partial charge in [-0.1, -0.05) is 12.1 Å². The molecule has 0 saturated heterocycles. The normalized spacial score (nSPS) is 12.6. The van der Waals surface area contributed by atoms with Gasteiger partial charge in [-0.15, -0.1) is 11.3 Å². The highest BCUT2D eigenvalue weighted by Gasteiger charge is 2.43. The number of carbonyl (C=O) groups is 1. The third-order valence-electron chi connectivity index (χ3n) is 5.29. The van der Waals surface area contributed by atoms with E-state index in [4.69, 9.17) is 0 Å². The molecule has 0 aliphatic carbocycles. The van der Waals surface area contributed by atoms with Crippen molar-refractivity contribution in [1.82, 2.24) is 29.9 Å². The molecule has 7 nitrogen and oxygen atoms in total. The van der Waals surface area contributed by atoms with E-state index in [0.29, 0.717) is 22.5 Å². The predicted molar refractivity (Wildman–Crippen MR) is 125 cm³/mol. The summed E-state index contributed by atoms with van der Waals surface area (Å²) in [5, 5.41) is 8.12. The Morgan fingerprint density at radius 1 is 1.09 bits per heavy atom. The number of hydrogen-bond donors (Lipinski definition) is 1. The van der Waals surface area contributed by atoms with E-state index in [-0.39, 0.29) is 10.6 Å². The average Bonchev–Trinajstić information content (AvgIpc) is 3.49. The fourth-order valence-corrected chi connectivity index (χ4v) is 4.42. The van der Waals surface area contributed by atoms with Crippen LogP contribution in [0.3, 0.4) is 0 Å². The van der Waals surface area contributed by atoms with Gasteiger partial charge in [-0.3, -0.25) is 14.8 Å².